The highest BCUT2D eigenvalue weighted by Gasteiger charge is 2.39. The molecule has 2 aromatic rings. The van der Waals surface area contributed by atoms with Crippen molar-refractivity contribution in [2.45, 2.75) is 57.7 Å². The Balaban J connectivity index is 1.31. The summed E-state index contributed by atoms with van der Waals surface area (Å²) in [6.45, 7) is 3.35. The van der Waals surface area contributed by atoms with E-state index < -0.39 is 11.9 Å². The molecule has 3 aliphatic heterocycles. The number of nitrogens with one attached hydrogen (secondary N) is 1. The first kappa shape index (κ1) is 19.9. The zero-order valence-corrected chi connectivity index (χ0v) is 17.4. The number of piperidine rings is 1. The Morgan fingerprint density at radius 2 is 1.87 bits per heavy atom. The number of hydrogen-bond acceptors (Lipinski definition) is 6. The minimum absolute atomic E-state index is 0.170. The molecule has 0 saturated carbocycles. The maximum atomic E-state index is 12.8. The Labute approximate surface area is 180 Å². The van der Waals surface area contributed by atoms with Crippen molar-refractivity contribution in [3.63, 3.8) is 0 Å². The first-order valence-corrected chi connectivity index (χ1v) is 11.0. The molecule has 5 rings (SSSR count). The molecule has 2 saturated heterocycles. The van der Waals surface area contributed by atoms with Crippen LogP contribution in [0, 0.1) is 0 Å². The van der Waals surface area contributed by atoms with E-state index in [1.165, 1.54) is 25.7 Å². The molecule has 1 aromatic carbocycles. The van der Waals surface area contributed by atoms with Crippen molar-refractivity contribution < 1.29 is 14.4 Å². The van der Waals surface area contributed by atoms with E-state index in [1.54, 1.807) is 15.6 Å². The van der Waals surface area contributed by atoms with Crippen molar-refractivity contribution in [1.29, 1.82) is 0 Å². The molecule has 3 amide bonds. The molecule has 2 fully saturated rings. The molecule has 9 nitrogen and oxygen atoms in total. The maximum Gasteiger partial charge on any atom is 0.255 e. The molecule has 0 spiro atoms. The standard InChI is InChI=1S/C22H26N6O3/c29-20-8-7-19(21(30)23-20)27-12-15-11-17(5-6-18(15)22(27)31)28-14-16(24-25-28)13-26-9-3-1-2-4-10-26/h5-6,11,14,19H,1-4,7-10,12-13H2,(H,23,29,30). The molecule has 31 heavy (non-hydrogen) atoms. The van der Waals surface area contributed by atoms with Crippen molar-refractivity contribution in [2.24, 2.45) is 0 Å². The molecule has 1 unspecified atom stereocenters. The van der Waals surface area contributed by atoms with Gasteiger partial charge in [0.15, 0.2) is 0 Å². The van der Waals surface area contributed by atoms with E-state index in [1.807, 2.05) is 18.3 Å². The van der Waals surface area contributed by atoms with Crippen LogP contribution in [0.4, 0.5) is 0 Å². The lowest BCUT2D eigenvalue weighted by molar-refractivity contribution is -0.136. The molecule has 9 heteroatoms. The van der Waals surface area contributed by atoms with Crippen LogP contribution in [0.5, 0.6) is 0 Å². The number of carbonyl (C=O) groups excluding carboxylic acids is 3. The summed E-state index contributed by atoms with van der Waals surface area (Å²) in [5, 5.41) is 11.0. The Kier molecular flexibility index (Phi) is 5.27. The number of aromatic nitrogens is 3. The molecule has 4 heterocycles. The highest BCUT2D eigenvalue weighted by atomic mass is 16.2. The van der Waals surface area contributed by atoms with Crippen molar-refractivity contribution in [1.82, 2.24) is 30.1 Å². The summed E-state index contributed by atoms with van der Waals surface area (Å²) in [5.74, 6) is -0.849. The number of amides is 3. The van der Waals surface area contributed by atoms with Crippen LogP contribution in [0.3, 0.4) is 0 Å². The lowest BCUT2D eigenvalue weighted by Gasteiger charge is -2.29. The van der Waals surface area contributed by atoms with Crippen LogP contribution in [-0.4, -0.2) is 61.6 Å². The molecule has 162 valence electrons. The molecular weight excluding hydrogens is 396 g/mol. The van der Waals surface area contributed by atoms with Gasteiger partial charge in [-0.2, -0.15) is 0 Å². The second kappa shape index (κ2) is 8.22. The second-order valence-corrected chi connectivity index (χ2v) is 8.59. The SMILES string of the molecule is O=C1CCC(N2Cc3cc(-n4cc(CN5CCCCCC5)nn4)ccc3C2=O)C(=O)N1. The van der Waals surface area contributed by atoms with E-state index in [-0.39, 0.29) is 18.2 Å². The van der Waals surface area contributed by atoms with Gasteiger partial charge in [-0.25, -0.2) is 4.68 Å². The van der Waals surface area contributed by atoms with Gasteiger partial charge >= 0.3 is 0 Å². The third-order valence-electron chi connectivity index (χ3n) is 6.40. The van der Waals surface area contributed by atoms with Crippen molar-refractivity contribution >= 4 is 17.7 Å². The van der Waals surface area contributed by atoms with Crippen LogP contribution in [0.15, 0.2) is 24.4 Å². The first-order chi connectivity index (χ1) is 15.1. The summed E-state index contributed by atoms with van der Waals surface area (Å²) < 4.78 is 1.74. The van der Waals surface area contributed by atoms with E-state index in [9.17, 15) is 14.4 Å². The van der Waals surface area contributed by atoms with Gasteiger partial charge in [0.05, 0.1) is 17.6 Å². The molecule has 1 atom stereocenters. The van der Waals surface area contributed by atoms with E-state index >= 15 is 0 Å². The minimum Gasteiger partial charge on any atom is -0.322 e. The third kappa shape index (κ3) is 3.97. The molecule has 0 radical (unpaired) electrons. The Bertz CT molecular complexity index is 1020. The Hall–Kier alpha value is -3.07. The number of nitrogens with zero attached hydrogens (tertiary/aromatic N) is 5. The largest absolute Gasteiger partial charge is 0.322 e. The van der Waals surface area contributed by atoms with E-state index in [0.717, 1.165) is 36.6 Å². The number of benzene rings is 1. The summed E-state index contributed by atoms with van der Waals surface area (Å²) in [5.41, 5.74) is 3.23. The van der Waals surface area contributed by atoms with Gasteiger partial charge in [0.2, 0.25) is 11.8 Å². The molecule has 1 aromatic heterocycles. The Morgan fingerprint density at radius 3 is 2.65 bits per heavy atom. The smallest absolute Gasteiger partial charge is 0.255 e. The fourth-order valence-electron chi connectivity index (χ4n) is 4.72. The topological polar surface area (TPSA) is 100 Å². The van der Waals surface area contributed by atoms with Crippen molar-refractivity contribution in [2.75, 3.05) is 13.1 Å². The average molecular weight is 422 g/mol. The molecule has 0 aliphatic carbocycles. The Morgan fingerprint density at radius 1 is 1.06 bits per heavy atom. The number of likely N-dealkylation sites (tertiary alicyclic amines) is 1. The van der Waals surface area contributed by atoms with Gasteiger partial charge in [-0.05, 0) is 56.1 Å². The zero-order chi connectivity index (χ0) is 21.4. The third-order valence-corrected chi connectivity index (χ3v) is 6.40. The van der Waals surface area contributed by atoms with Crippen LogP contribution in [0.25, 0.3) is 5.69 Å². The zero-order valence-electron chi connectivity index (χ0n) is 17.4. The number of rotatable bonds is 4. The predicted molar refractivity (Wildman–Crippen MR) is 111 cm³/mol. The molecule has 1 N–H and O–H groups in total. The second-order valence-electron chi connectivity index (χ2n) is 8.59. The summed E-state index contributed by atoms with van der Waals surface area (Å²) in [6, 6.07) is 4.97. The van der Waals surface area contributed by atoms with Crippen LogP contribution < -0.4 is 5.32 Å². The summed E-state index contributed by atoms with van der Waals surface area (Å²) in [4.78, 5) is 40.5. The molecular formula is C22H26N6O3. The lowest BCUT2D eigenvalue weighted by Crippen LogP contribution is -2.52. The molecule has 0 bridgehead atoms. The summed E-state index contributed by atoms with van der Waals surface area (Å²) in [7, 11) is 0. The monoisotopic (exact) mass is 422 g/mol. The highest BCUT2D eigenvalue weighted by Crippen LogP contribution is 2.29. The number of fused-ring (bicyclic) bond motifs is 1. The quantitative estimate of drug-likeness (QED) is 0.748. The highest BCUT2D eigenvalue weighted by molar-refractivity contribution is 6.05. The average Bonchev–Trinajstić information content (AvgIpc) is 3.24. The van der Waals surface area contributed by atoms with Gasteiger partial charge in [0.25, 0.3) is 5.91 Å². The van der Waals surface area contributed by atoms with E-state index in [4.69, 9.17) is 0 Å². The molecule has 3 aliphatic rings. The van der Waals surface area contributed by atoms with Crippen molar-refractivity contribution in [3.05, 3.63) is 41.2 Å². The number of hydrogen-bond donors (Lipinski definition) is 1. The number of carbonyl (C=O) groups is 3. The summed E-state index contributed by atoms with van der Waals surface area (Å²) in [6.07, 6.45) is 7.62. The fraction of sp³-hybridized carbons (Fsp3) is 0.500. The minimum atomic E-state index is -0.604. The van der Waals surface area contributed by atoms with Crippen LogP contribution in [0.2, 0.25) is 0 Å². The van der Waals surface area contributed by atoms with Gasteiger partial charge in [-0.1, -0.05) is 18.1 Å². The fourth-order valence-corrected chi connectivity index (χ4v) is 4.72. The van der Waals surface area contributed by atoms with Crippen molar-refractivity contribution in [3.8, 4) is 5.69 Å². The van der Waals surface area contributed by atoms with Crippen LogP contribution >= 0.6 is 0 Å². The normalized spacial score (nSPS) is 22.4. The number of imide groups is 1. The van der Waals surface area contributed by atoms with Crippen LogP contribution in [-0.2, 0) is 22.7 Å². The van der Waals surface area contributed by atoms with Gasteiger partial charge < -0.3 is 4.90 Å². The lowest BCUT2D eigenvalue weighted by atomic mass is 10.0. The maximum absolute atomic E-state index is 12.8. The van der Waals surface area contributed by atoms with Gasteiger partial charge in [0, 0.05) is 25.1 Å². The van der Waals surface area contributed by atoms with Crippen LogP contribution in [0.1, 0.15) is 60.1 Å². The van der Waals surface area contributed by atoms with Gasteiger partial charge in [-0.3, -0.25) is 24.6 Å². The predicted octanol–water partition coefficient (Wildman–Crippen LogP) is 1.40. The summed E-state index contributed by atoms with van der Waals surface area (Å²) >= 11 is 0. The van der Waals surface area contributed by atoms with Gasteiger partial charge in [-0.15, -0.1) is 5.10 Å². The van der Waals surface area contributed by atoms with E-state index in [0.29, 0.717) is 18.5 Å². The van der Waals surface area contributed by atoms with E-state index in [2.05, 4.69) is 20.5 Å². The van der Waals surface area contributed by atoms with Gasteiger partial charge in [0.1, 0.15) is 6.04 Å². The first-order valence-electron chi connectivity index (χ1n) is 11.0.